The smallest absolute Gasteiger partial charge is 0.166 e. The third kappa shape index (κ3) is 7.58. The number of aromatic nitrogens is 5. The molecule has 0 N–H and O–H groups in total. The van der Waals surface area contributed by atoms with Crippen LogP contribution in [0.4, 0.5) is 0 Å². The van der Waals surface area contributed by atoms with E-state index in [9.17, 15) is 0 Å². The van der Waals surface area contributed by atoms with Crippen molar-refractivity contribution in [3.05, 3.63) is 174 Å². The quantitative estimate of drug-likeness (QED) is 0.173. The first-order valence-corrected chi connectivity index (χ1v) is 23.4. The van der Waals surface area contributed by atoms with Crippen LogP contribution < -0.4 is 0 Å². The predicted molar refractivity (Wildman–Crippen MR) is 280 cm³/mol. The summed E-state index contributed by atoms with van der Waals surface area (Å²) < 4.78 is 4.81. The van der Waals surface area contributed by atoms with Gasteiger partial charge in [-0.3, -0.25) is 0 Å². The van der Waals surface area contributed by atoms with Crippen molar-refractivity contribution >= 4 is 43.6 Å². The summed E-state index contributed by atoms with van der Waals surface area (Å²) in [7, 11) is 0. The average Bonchev–Trinajstić information content (AvgIpc) is 3.80. The van der Waals surface area contributed by atoms with Crippen LogP contribution in [0.5, 0.6) is 0 Å². The molecule has 0 spiro atoms. The van der Waals surface area contributed by atoms with Gasteiger partial charge in [0, 0.05) is 49.6 Å². The molecule has 0 aliphatic carbocycles. The fourth-order valence-corrected chi connectivity index (χ4v) is 9.43. The Labute approximate surface area is 390 Å². The lowest BCUT2D eigenvalue weighted by Gasteiger charge is -2.26. The molecule has 0 aliphatic heterocycles. The summed E-state index contributed by atoms with van der Waals surface area (Å²) in [6.07, 6.45) is 0. The molecule has 0 unspecified atom stereocenters. The zero-order chi connectivity index (χ0) is 46.5. The van der Waals surface area contributed by atoms with Crippen molar-refractivity contribution in [1.82, 2.24) is 24.1 Å². The van der Waals surface area contributed by atoms with Gasteiger partial charge in [-0.1, -0.05) is 168 Å². The van der Waals surface area contributed by atoms with E-state index >= 15 is 0 Å². The molecule has 5 heteroatoms. The van der Waals surface area contributed by atoms with Gasteiger partial charge in [0.2, 0.25) is 0 Å². The van der Waals surface area contributed by atoms with Crippen LogP contribution in [0.3, 0.4) is 0 Å². The second-order valence-electron chi connectivity index (χ2n) is 22.4. The minimum atomic E-state index is -0.100. The Morgan fingerprint density at radius 3 is 1.11 bits per heavy atom. The Morgan fingerprint density at radius 1 is 0.318 bits per heavy atom. The molecule has 10 aromatic rings. The van der Waals surface area contributed by atoms with Crippen molar-refractivity contribution < 1.29 is 0 Å². The summed E-state index contributed by atoms with van der Waals surface area (Å²) in [5.41, 5.74) is 14.1. The van der Waals surface area contributed by atoms with Crippen LogP contribution in [0.15, 0.2) is 152 Å². The Bertz CT molecular complexity index is 3290. The van der Waals surface area contributed by atoms with E-state index in [1.807, 2.05) is 0 Å². The molecule has 0 radical (unpaired) electrons. The van der Waals surface area contributed by atoms with E-state index in [0.717, 1.165) is 60.9 Å². The van der Waals surface area contributed by atoms with E-state index in [2.05, 4.69) is 244 Å². The van der Waals surface area contributed by atoms with Gasteiger partial charge in [-0.15, -0.1) is 0 Å². The monoisotopic (exact) mass is 863 g/mol. The fraction of sp³-hybridized carbons (Fsp3) is 0.262. The van der Waals surface area contributed by atoms with Crippen LogP contribution in [0.25, 0.3) is 89.2 Å². The topological polar surface area (TPSA) is 48.5 Å². The van der Waals surface area contributed by atoms with Crippen LogP contribution >= 0.6 is 0 Å². The van der Waals surface area contributed by atoms with E-state index in [0.29, 0.717) is 17.5 Å². The Kier molecular flexibility index (Phi) is 10.0. The molecule has 0 fully saturated rings. The summed E-state index contributed by atoms with van der Waals surface area (Å²) in [5.74, 6) is 1.94. The highest BCUT2D eigenvalue weighted by atomic mass is 15.1. The van der Waals surface area contributed by atoms with Crippen molar-refractivity contribution in [2.24, 2.45) is 0 Å². The van der Waals surface area contributed by atoms with E-state index in [4.69, 9.17) is 15.0 Å². The van der Waals surface area contributed by atoms with Crippen molar-refractivity contribution in [3.8, 4) is 45.5 Å². The maximum absolute atomic E-state index is 5.65. The van der Waals surface area contributed by atoms with E-state index in [-0.39, 0.29) is 21.7 Å². The molecular formula is C61H61N5. The number of rotatable bonds is 5. The van der Waals surface area contributed by atoms with Crippen LogP contribution in [0, 0.1) is 0 Å². The molecule has 0 atom stereocenters. The van der Waals surface area contributed by atoms with Gasteiger partial charge in [0.1, 0.15) is 0 Å². The summed E-state index contributed by atoms with van der Waals surface area (Å²) in [6, 6.07) is 55.6. The van der Waals surface area contributed by atoms with Crippen LogP contribution in [-0.4, -0.2) is 24.1 Å². The number of hydrogen-bond donors (Lipinski definition) is 0. The first-order chi connectivity index (χ1) is 31.2. The Hall–Kier alpha value is -6.85. The number of benzene rings is 7. The zero-order valence-electron chi connectivity index (χ0n) is 40.7. The molecule has 0 saturated heterocycles. The number of fused-ring (bicyclic) bond motifs is 6. The molecule has 3 heterocycles. The van der Waals surface area contributed by atoms with E-state index in [1.54, 1.807) is 0 Å². The highest BCUT2D eigenvalue weighted by molar-refractivity contribution is 6.15. The van der Waals surface area contributed by atoms with Crippen molar-refractivity contribution in [2.75, 3.05) is 0 Å². The van der Waals surface area contributed by atoms with Gasteiger partial charge in [-0.05, 0) is 111 Å². The molecule has 7 aromatic carbocycles. The third-order valence-corrected chi connectivity index (χ3v) is 13.3. The van der Waals surface area contributed by atoms with Gasteiger partial charge in [0.15, 0.2) is 17.5 Å². The fourth-order valence-electron chi connectivity index (χ4n) is 9.43. The zero-order valence-corrected chi connectivity index (χ0v) is 40.7. The summed E-state index contributed by atoms with van der Waals surface area (Å²) in [6.45, 7) is 27.4. The maximum atomic E-state index is 5.65. The lowest BCUT2D eigenvalue weighted by Crippen LogP contribution is -2.17. The molecule has 66 heavy (non-hydrogen) atoms. The van der Waals surface area contributed by atoms with Crippen molar-refractivity contribution in [2.45, 2.75) is 105 Å². The molecule has 0 amide bonds. The summed E-state index contributed by atoms with van der Waals surface area (Å²) >= 11 is 0. The molecule has 330 valence electrons. The second kappa shape index (κ2) is 15.4. The normalized spacial score (nSPS) is 12.8. The number of nitrogens with zero attached hydrogens (tertiary/aromatic N) is 5. The van der Waals surface area contributed by atoms with Crippen molar-refractivity contribution in [3.63, 3.8) is 0 Å². The van der Waals surface area contributed by atoms with Gasteiger partial charge in [0.25, 0.3) is 0 Å². The van der Waals surface area contributed by atoms with Crippen LogP contribution in [0.1, 0.15) is 105 Å². The molecule has 0 aliphatic rings. The first-order valence-electron chi connectivity index (χ1n) is 23.4. The number of para-hydroxylation sites is 4. The van der Waals surface area contributed by atoms with Crippen LogP contribution in [0.2, 0.25) is 0 Å². The predicted octanol–water partition coefficient (Wildman–Crippen LogP) is 16.3. The summed E-state index contributed by atoms with van der Waals surface area (Å²) in [5, 5.41) is 4.72. The van der Waals surface area contributed by atoms with E-state index in [1.165, 1.54) is 33.0 Å². The molecule has 3 aromatic heterocycles. The average molecular weight is 864 g/mol. The largest absolute Gasteiger partial charge is 0.309 e. The molecule has 5 nitrogen and oxygen atoms in total. The SMILES string of the molecule is CC(C)(C)c1cc(-c2nc(-c3cc(C(C)(C)C)cc(C(C)(C)C)c3)nc(-c3cc(-n4c5ccccc5c5ccccc54)cc4c5ccccc5n(-c5ccccc5)c34)n2)cc(C(C)(C)C)c1. The minimum absolute atomic E-state index is 0.100. The van der Waals surface area contributed by atoms with Crippen molar-refractivity contribution in [1.29, 1.82) is 0 Å². The Balaban J connectivity index is 1.38. The third-order valence-electron chi connectivity index (χ3n) is 13.3. The van der Waals surface area contributed by atoms with Crippen LogP contribution in [-0.2, 0) is 21.7 Å². The first kappa shape index (κ1) is 43.1. The molecule has 0 saturated carbocycles. The minimum Gasteiger partial charge on any atom is -0.309 e. The molecule has 10 rings (SSSR count). The van der Waals surface area contributed by atoms with E-state index < -0.39 is 0 Å². The van der Waals surface area contributed by atoms with Gasteiger partial charge in [-0.2, -0.15) is 0 Å². The van der Waals surface area contributed by atoms with Gasteiger partial charge in [0.05, 0.1) is 22.1 Å². The highest BCUT2D eigenvalue weighted by Crippen LogP contribution is 2.43. The van der Waals surface area contributed by atoms with Gasteiger partial charge in [-0.25, -0.2) is 15.0 Å². The van der Waals surface area contributed by atoms with Gasteiger partial charge < -0.3 is 9.13 Å². The standard InChI is InChI=1S/C61H61N5/c1-58(2,3)40-30-38(31-41(34-40)59(4,5)6)55-62-56(39-32-42(60(7,8)9)35-43(33-39)61(10,11)12)64-57(63-55)50-37-45(65-51-27-19-16-24-46(51)47-25-17-20-28-52(47)65)36-49-48-26-18-21-29-53(48)66(54(49)50)44-22-14-13-15-23-44/h13-37H,1-12H3. The molecule has 0 bridgehead atoms. The number of hydrogen-bond acceptors (Lipinski definition) is 3. The molecular weight excluding hydrogens is 803 g/mol. The maximum Gasteiger partial charge on any atom is 0.166 e. The second-order valence-corrected chi connectivity index (χ2v) is 22.4. The lowest BCUT2D eigenvalue weighted by molar-refractivity contribution is 0.568. The highest BCUT2D eigenvalue weighted by Gasteiger charge is 2.27. The summed E-state index contributed by atoms with van der Waals surface area (Å²) in [4.78, 5) is 16.8. The Morgan fingerprint density at radius 2 is 0.682 bits per heavy atom. The van der Waals surface area contributed by atoms with Gasteiger partial charge >= 0.3 is 0 Å². The lowest BCUT2D eigenvalue weighted by atomic mass is 9.79.